The largest absolute Gasteiger partial charge is 0.347 e. The molecule has 1 aromatic heterocycles. The van der Waals surface area contributed by atoms with E-state index in [2.05, 4.69) is 65.6 Å². The quantitative estimate of drug-likeness (QED) is 0.652. The molecular formula is C26H29N3O. The van der Waals surface area contributed by atoms with Crippen molar-refractivity contribution in [2.45, 2.75) is 18.9 Å². The summed E-state index contributed by atoms with van der Waals surface area (Å²) in [5.74, 6) is 0.167. The van der Waals surface area contributed by atoms with Crippen molar-refractivity contribution in [3.05, 3.63) is 95.8 Å². The fourth-order valence-corrected chi connectivity index (χ4v) is 5.23. The molecule has 2 aliphatic rings. The second kappa shape index (κ2) is 7.77. The Bertz CT molecular complexity index is 956. The molecule has 0 radical (unpaired) electrons. The van der Waals surface area contributed by atoms with Crippen LogP contribution in [0.5, 0.6) is 0 Å². The number of likely N-dealkylation sites (tertiary alicyclic amines) is 2. The van der Waals surface area contributed by atoms with Gasteiger partial charge in [0, 0.05) is 39.4 Å². The van der Waals surface area contributed by atoms with E-state index < -0.39 is 0 Å². The maximum atomic E-state index is 12.8. The Morgan fingerprint density at radius 1 is 0.833 bits per heavy atom. The summed E-state index contributed by atoms with van der Waals surface area (Å²) in [6.07, 6.45) is 4.13. The summed E-state index contributed by atoms with van der Waals surface area (Å²) in [5, 5.41) is 0. The number of carbonyl (C=O) groups is 1. The SMILES string of the molecule is Cn1cccc1C(=O)N1CCC2(CC1)CN(C(c1ccccc1)c1ccccc1)C2. The minimum atomic E-state index is 0.167. The Morgan fingerprint density at radius 2 is 1.40 bits per heavy atom. The minimum Gasteiger partial charge on any atom is -0.347 e. The van der Waals surface area contributed by atoms with Crippen LogP contribution in [-0.2, 0) is 7.05 Å². The van der Waals surface area contributed by atoms with Gasteiger partial charge < -0.3 is 9.47 Å². The van der Waals surface area contributed by atoms with Crippen molar-refractivity contribution in [3.8, 4) is 0 Å². The first-order chi connectivity index (χ1) is 14.7. The monoisotopic (exact) mass is 399 g/mol. The van der Waals surface area contributed by atoms with Crippen molar-refractivity contribution in [1.82, 2.24) is 14.4 Å². The number of amides is 1. The molecular weight excluding hydrogens is 370 g/mol. The van der Waals surface area contributed by atoms with Crippen molar-refractivity contribution >= 4 is 5.91 Å². The number of carbonyl (C=O) groups excluding carboxylic acids is 1. The van der Waals surface area contributed by atoms with Gasteiger partial charge in [-0.3, -0.25) is 9.69 Å². The first kappa shape index (κ1) is 19.1. The van der Waals surface area contributed by atoms with E-state index in [1.807, 2.05) is 34.8 Å². The van der Waals surface area contributed by atoms with Crippen molar-refractivity contribution < 1.29 is 4.79 Å². The molecule has 154 valence electrons. The van der Waals surface area contributed by atoms with E-state index in [0.29, 0.717) is 11.5 Å². The zero-order valence-corrected chi connectivity index (χ0v) is 17.6. The van der Waals surface area contributed by atoms with Crippen molar-refractivity contribution in [1.29, 1.82) is 0 Å². The molecule has 0 aliphatic carbocycles. The van der Waals surface area contributed by atoms with Gasteiger partial charge in [-0.05, 0) is 41.5 Å². The standard InChI is InChI=1S/C26H29N3O/c1-27-16-8-13-23(27)25(30)28-17-14-26(15-18-28)19-29(20-26)24(21-9-4-2-5-10-21)22-11-6-3-7-12-22/h2-13,16,24H,14-15,17-20H2,1H3. The highest BCUT2D eigenvalue weighted by atomic mass is 16.2. The van der Waals surface area contributed by atoms with Crippen LogP contribution in [0.25, 0.3) is 0 Å². The van der Waals surface area contributed by atoms with Gasteiger partial charge in [-0.2, -0.15) is 0 Å². The molecule has 0 bridgehead atoms. The third-order valence-corrected chi connectivity index (χ3v) is 6.95. The van der Waals surface area contributed by atoms with E-state index in [9.17, 15) is 4.79 Å². The van der Waals surface area contributed by atoms with Crippen LogP contribution in [0.3, 0.4) is 0 Å². The molecule has 0 atom stereocenters. The molecule has 4 nitrogen and oxygen atoms in total. The fourth-order valence-electron chi connectivity index (χ4n) is 5.23. The Morgan fingerprint density at radius 3 is 1.90 bits per heavy atom. The molecule has 30 heavy (non-hydrogen) atoms. The van der Waals surface area contributed by atoms with Gasteiger partial charge in [0.05, 0.1) is 6.04 Å². The maximum Gasteiger partial charge on any atom is 0.270 e. The van der Waals surface area contributed by atoms with Crippen LogP contribution in [0.2, 0.25) is 0 Å². The van der Waals surface area contributed by atoms with Gasteiger partial charge >= 0.3 is 0 Å². The topological polar surface area (TPSA) is 28.5 Å². The van der Waals surface area contributed by atoms with E-state index in [-0.39, 0.29) is 5.91 Å². The van der Waals surface area contributed by atoms with Gasteiger partial charge in [0.25, 0.3) is 5.91 Å². The van der Waals surface area contributed by atoms with Crippen LogP contribution in [0.1, 0.15) is 40.5 Å². The summed E-state index contributed by atoms with van der Waals surface area (Å²) < 4.78 is 1.92. The molecule has 0 saturated carbocycles. The third-order valence-electron chi connectivity index (χ3n) is 6.95. The molecule has 3 aromatic rings. The fraction of sp³-hybridized carbons (Fsp3) is 0.346. The number of aromatic nitrogens is 1. The third kappa shape index (κ3) is 3.46. The Balaban J connectivity index is 1.27. The Labute approximate surface area is 178 Å². The molecule has 2 aromatic carbocycles. The summed E-state index contributed by atoms with van der Waals surface area (Å²) >= 11 is 0. The number of aryl methyl sites for hydroxylation is 1. The molecule has 4 heteroatoms. The van der Waals surface area contributed by atoms with E-state index >= 15 is 0 Å². The lowest BCUT2D eigenvalue weighted by molar-refractivity contribution is -0.0580. The van der Waals surface area contributed by atoms with E-state index in [4.69, 9.17) is 0 Å². The molecule has 0 N–H and O–H groups in total. The molecule has 3 heterocycles. The average Bonchev–Trinajstić information content (AvgIpc) is 3.20. The second-order valence-electron chi connectivity index (χ2n) is 8.93. The van der Waals surface area contributed by atoms with Crippen LogP contribution in [-0.4, -0.2) is 46.5 Å². The molecule has 2 saturated heterocycles. The number of hydrogen-bond donors (Lipinski definition) is 0. The maximum absolute atomic E-state index is 12.8. The molecule has 2 aliphatic heterocycles. The number of benzene rings is 2. The van der Waals surface area contributed by atoms with Gasteiger partial charge in [0.1, 0.15) is 5.69 Å². The van der Waals surface area contributed by atoms with Crippen molar-refractivity contribution in [2.24, 2.45) is 12.5 Å². The normalized spacial score (nSPS) is 18.5. The predicted octanol–water partition coefficient (Wildman–Crippen LogP) is 4.35. The van der Waals surface area contributed by atoms with Gasteiger partial charge in [0.2, 0.25) is 0 Å². The molecule has 0 unspecified atom stereocenters. The average molecular weight is 400 g/mol. The lowest BCUT2D eigenvalue weighted by atomic mass is 9.70. The van der Waals surface area contributed by atoms with Crippen LogP contribution in [0.4, 0.5) is 0 Å². The summed E-state index contributed by atoms with van der Waals surface area (Å²) in [5.41, 5.74) is 3.85. The van der Waals surface area contributed by atoms with Crippen LogP contribution < -0.4 is 0 Å². The Kier molecular flexibility index (Phi) is 4.95. The van der Waals surface area contributed by atoms with Crippen LogP contribution in [0, 0.1) is 5.41 Å². The zero-order chi connectivity index (χ0) is 20.6. The summed E-state index contributed by atoms with van der Waals surface area (Å²) in [4.78, 5) is 17.5. The van der Waals surface area contributed by atoms with E-state index in [0.717, 1.165) is 44.7 Å². The molecule has 2 fully saturated rings. The first-order valence-electron chi connectivity index (χ1n) is 10.9. The molecule has 5 rings (SSSR count). The highest BCUT2D eigenvalue weighted by Crippen LogP contribution is 2.46. The lowest BCUT2D eigenvalue weighted by Gasteiger charge is -2.56. The van der Waals surface area contributed by atoms with Gasteiger partial charge in [-0.1, -0.05) is 60.7 Å². The summed E-state index contributed by atoms with van der Waals surface area (Å²) in [6, 6.07) is 25.8. The van der Waals surface area contributed by atoms with E-state index in [1.165, 1.54) is 11.1 Å². The lowest BCUT2D eigenvalue weighted by Crippen LogP contribution is -2.61. The number of piperidine rings is 1. The zero-order valence-electron chi connectivity index (χ0n) is 17.6. The van der Waals surface area contributed by atoms with Crippen molar-refractivity contribution in [3.63, 3.8) is 0 Å². The number of hydrogen-bond acceptors (Lipinski definition) is 2. The van der Waals surface area contributed by atoms with Gasteiger partial charge in [-0.15, -0.1) is 0 Å². The smallest absolute Gasteiger partial charge is 0.270 e. The second-order valence-corrected chi connectivity index (χ2v) is 8.93. The van der Waals surface area contributed by atoms with E-state index in [1.54, 1.807) is 0 Å². The van der Waals surface area contributed by atoms with Crippen LogP contribution in [0.15, 0.2) is 79.0 Å². The van der Waals surface area contributed by atoms with Crippen molar-refractivity contribution in [2.75, 3.05) is 26.2 Å². The van der Waals surface area contributed by atoms with Crippen LogP contribution >= 0.6 is 0 Å². The van der Waals surface area contributed by atoms with Gasteiger partial charge in [-0.25, -0.2) is 0 Å². The minimum absolute atomic E-state index is 0.167. The Hall–Kier alpha value is -2.85. The van der Waals surface area contributed by atoms with Gasteiger partial charge in [0.15, 0.2) is 0 Å². The number of nitrogens with zero attached hydrogens (tertiary/aromatic N) is 3. The molecule has 1 spiro atoms. The highest BCUT2D eigenvalue weighted by Gasteiger charge is 2.48. The highest BCUT2D eigenvalue weighted by molar-refractivity contribution is 5.92. The predicted molar refractivity (Wildman–Crippen MR) is 119 cm³/mol. The first-order valence-corrected chi connectivity index (χ1v) is 10.9. The summed E-state index contributed by atoms with van der Waals surface area (Å²) in [7, 11) is 1.94. The molecule has 1 amide bonds. The summed E-state index contributed by atoms with van der Waals surface area (Å²) in [6.45, 7) is 3.93. The number of rotatable bonds is 4.